The molecule has 0 saturated heterocycles. The molecule has 0 aliphatic heterocycles. The lowest BCUT2D eigenvalue weighted by molar-refractivity contribution is -0.124. The van der Waals surface area contributed by atoms with E-state index in [1.165, 1.54) is 48.5 Å². The maximum absolute atomic E-state index is 13.2. The fourth-order valence-electron chi connectivity index (χ4n) is 2.32. The highest BCUT2D eigenvalue weighted by Crippen LogP contribution is 2.22. The molecule has 0 unspecified atom stereocenters. The monoisotopic (exact) mass is 389 g/mol. The number of rotatable bonds is 7. The summed E-state index contributed by atoms with van der Waals surface area (Å²) in [5, 5.41) is 3.12. The zero-order valence-corrected chi connectivity index (χ0v) is 15.2. The molecular weight excluding hydrogens is 373 g/mol. The van der Waals surface area contributed by atoms with Gasteiger partial charge in [0.05, 0.1) is 19.0 Å². The van der Waals surface area contributed by atoms with Gasteiger partial charge in [-0.1, -0.05) is 11.8 Å². The van der Waals surface area contributed by atoms with E-state index >= 15 is 0 Å². The molecule has 3 aromatic rings. The number of carbonyl (C=O) groups is 2. The summed E-state index contributed by atoms with van der Waals surface area (Å²) < 4.78 is 24.9. The first-order chi connectivity index (χ1) is 13.1. The van der Waals surface area contributed by atoms with Crippen LogP contribution >= 0.6 is 11.8 Å². The number of hydrogen-bond acceptors (Lipinski definition) is 6. The highest BCUT2D eigenvalue weighted by atomic mass is 32.2. The maximum Gasteiger partial charge on any atom is 0.357 e. The molecule has 0 radical (unpaired) electrons. The highest BCUT2D eigenvalue weighted by molar-refractivity contribution is 7.98. The van der Waals surface area contributed by atoms with Gasteiger partial charge in [0.25, 0.3) is 5.91 Å². The number of nitrogens with zero attached hydrogens (tertiary/aromatic N) is 2. The topological polar surface area (TPSA) is 86.4 Å². The maximum atomic E-state index is 13.2. The predicted molar refractivity (Wildman–Crippen MR) is 96.1 cm³/mol. The third-order valence-corrected chi connectivity index (χ3v) is 4.23. The van der Waals surface area contributed by atoms with E-state index < -0.39 is 18.5 Å². The minimum absolute atomic E-state index is 0.143. The van der Waals surface area contributed by atoms with Gasteiger partial charge in [0.15, 0.2) is 17.5 Å². The Kier molecular flexibility index (Phi) is 5.92. The van der Waals surface area contributed by atoms with Crippen LogP contribution in [0.4, 0.5) is 4.39 Å². The third-order valence-electron chi connectivity index (χ3n) is 3.58. The van der Waals surface area contributed by atoms with Gasteiger partial charge in [0.1, 0.15) is 11.6 Å². The van der Waals surface area contributed by atoms with E-state index in [9.17, 15) is 14.0 Å². The number of amides is 1. The second kappa shape index (κ2) is 8.54. The molecule has 0 saturated carbocycles. The number of esters is 1. The SMILES string of the molecule is CSc1ncc(C(=O)OCC(=O)NCc2ccco2)n1-c1ccc(F)cc1. The van der Waals surface area contributed by atoms with Gasteiger partial charge >= 0.3 is 5.97 Å². The van der Waals surface area contributed by atoms with E-state index in [4.69, 9.17) is 9.15 Å². The van der Waals surface area contributed by atoms with Crippen LogP contribution in [0.15, 0.2) is 58.4 Å². The second-order valence-electron chi connectivity index (χ2n) is 5.37. The Bertz CT molecular complexity index is 923. The number of aromatic nitrogens is 2. The van der Waals surface area contributed by atoms with Gasteiger partial charge in [0.2, 0.25) is 0 Å². The van der Waals surface area contributed by atoms with Crippen LogP contribution in [-0.2, 0) is 16.1 Å². The van der Waals surface area contributed by atoms with Gasteiger partial charge in [-0.2, -0.15) is 0 Å². The summed E-state index contributed by atoms with van der Waals surface area (Å²) in [5.41, 5.74) is 0.706. The number of furan rings is 1. The van der Waals surface area contributed by atoms with E-state index in [2.05, 4.69) is 10.3 Å². The summed E-state index contributed by atoms with van der Waals surface area (Å²) in [6.07, 6.45) is 4.67. The minimum Gasteiger partial charge on any atom is -0.467 e. The largest absolute Gasteiger partial charge is 0.467 e. The molecule has 27 heavy (non-hydrogen) atoms. The molecule has 9 heteroatoms. The van der Waals surface area contributed by atoms with Gasteiger partial charge < -0.3 is 14.5 Å². The lowest BCUT2D eigenvalue weighted by atomic mass is 10.3. The van der Waals surface area contributed by atoms with Crippen LogP contribution in [0.3, 0.4) is 0 Å². The summed E-state index contributed by atoms with van der Waals surface area (Å²) >= 11 is 1.32. The number of hydrogen-bond donors (Lipinski definition) is 1. The van der Waals surface area contributed by atoms with Gasteiger partial charge in [0, 0.05) is 5.69 Å². The lowest BCUT2D eigenvalue weighted by Gasteiger charge is -2.11. The molecular formula is C18H16FN3O4S. The van der Waals surface area contributed by atoms with Crippen LogP contribution in [0.2, 0.25) is 0 Å². The first kappa shape index (κ1) is 18.7. The van der Waals surface area contributed by atoms with Crippen molar-refractivity contribution in [3.05, 3.63) is 66.1 Å². The van der Waals surface area contributed by atoms with Gasteiger partial charge in [-0.05, 0) is 42.7 Å². The van der Waals surface area contributed by atoms with Crippen molar-refractivity contribution in [3.8, 4) is 5.69 Å². The van der Waals surface area contributed by atoms with Crippen LogP contribution in [-0.4, -0.2) is 34.3 Å². The van der Waals surface area contributed by atoms with Crippen molar-refractivity contribution in [1.29, 1.82) is 0 Å². The van der Waals surface area contributed by atoms with Crippen molar-refractivity contribution in [2.45, 2.75) is 11.7 Å². The molecule has 1 N–H and O–H groups in total. The first-order valence-corrected chi connectivity index (χ1v) is 9.15. The van der Waals surface area contributed by atoms with Crippen molar-refractivity contribution in [1.82, 2.24) is 14.9 Å². The number of nitrogens with one attached hydrogen (secondary N) is 1. The molecule has 0 bridgehead atoms. The summed E-state index contributed by atoms with van der Waals surface area (Å²) in [7, 11) is 0. The quantitative estimate of drug-likeness (QED) is 0.494. The summed E-state index contributed by atoms with van der Waals surface area (Å²) in [6.45, 7) is -0.240. The fourth-order valence-corrected chi connectivity index (χ4v) is 2.86. The van der Waals surface area contributed by atoms with E-state index in [1.54, 1.807) is 23.0 Å². The van der Waals surface area contributed by atoms with Crippen LogP contribution in [0.5, 0.6) is 0 Å². The molecule has 1 aromatic carbocycles. The zero-order valence-electron chi connectivity index (χ0n) is 14.3. The van der Waals surface area contributed by atoms with Crippen molar-refractivity contribution in [2.24, 2.45) is 0 Å². The highest BCUT2D eigenvalue weighted by Gasteiger charge is 2.20. The van der Waals surface area contributed by atoms with Crippen LogP contribution in [0.1, 0.15) is 16.2 Å². The third kappa shape index (κ3) is 4.56. The fraction of sp³-hybridized carbons (Fsp3) is 0.167. The smallest absolute Gasteiger partial charge is 0.357 e. The number of halogens is 1. The number of carbonyl (C=O) groups excluding carboxylic acids is 2. The van der Waals surface area contributed by atoms with Crippen LogP contribution in [0.25, 0.3) is 5.69 Å². The Morgan fingerprint density at radius 2 is 2.07 bits per heavy atom. The standard InChI is InChI=1S/C18H16FN3O4S/c1-27-18-21-10-15(22(18)13-6-4-12(19)5-7-13)17(24)26-11-16(23)20-9-14-3-2-8-25-14/h2-8,10H,9,11H2,1H3,(H,20,23). The number of benzene rings is 1. The molecule has 0 aliphatic carbocycles. The molecule has 2 aromatic heterocycles. The van der Waals surface area contributed by atoms with E-state index in [0.717, 1.165) is 0 Å². The first-order valence-electron chi connectivity index (χ1n) is 7.92. The predicted octanol–water partition coefficient (Wildman–Crippen LogP) is 2.80. The molecule has 3 rings (SSSR count). The normalized spacial score (nSPS) is 10.6. The van der Waals surface area contributed by atoms with E-state index in [0.29, 0.717) is 16.6 Å². The Labute approximate surface area is 158 Å². The van der Waals surface area contributed by atoms with Crippen LogP contribution in [0, 0.1) is 5.82 Å². The molecule has 7 nitrogen and oxygen atoms in total. The van der Waals surface area contributed by atoms with Crippen molar-refractivity contribution < 1.29 is 23.1 Å². The molecule has 0 aliphatic rings. The Hall–Kier alpha value is -3.07. The average molecular weight is 389 g/mol. The Morgan fingerprint density at radius 3 is 2.74 bits per heavy atom. The lowest BCUT2D eigenvalue weighted by Crippen LogP contribution is -2.28. The molecule has 140 valence electrons. The number of imidazole rings is 1. The second-order valence-corrected chi connectivity index (χ2v) is 6.15. The van der Waals surface area contributed by atoms with E-state index in [1.807, 2.05) is 0 Å². The van der Waals surface area contributed by atoms with Gasteiger partial charge in [-0.25, -0.2) is 14.2 Å². The average Bonchev–Trinajstić information content (AvgIpc) is 3.34. The minimum atomic E-state index is -0.708. The van der Waals surface area contributed by atoms with Crippen molar-refractivity contribution >= 4 is 23.6 Å². The van der Waals surface area contributed by atoms with Crippen molar-refractivity contribution in [2.75, 3.05) is 12.9 Å². The van der Waals surface area contributed by atoms with Gasteiger partial charge in [-0.3, -0.25) is 9.36 Å². The summed E-state index contributed by atoms with van der Waals surface area (Å²) in [6, 6.07) is 9.07. The molecule has 0 spiro atoms. The molecule has 0 atom stereocenters. The molecule has 1 amide bonds. The number of thioether (sulfide) groups is 1. The molecule has 2 heterocycles. The zero-order chi connectivity index (χ0) is 19.2. The summed E-state index contributed by atoms with van der Waals surface area (Å²) in [5.74, 6) is -0.964. The Balaban J connectivity index is 1.67. The van der Waals surface area contributed by atoms with E-state index in [-0.39, 0.29) is 18.1 Å². The number of ether oxygens (including phenoxy) is 1. The summed E-state index contributed by atoms with van der Waals surface area (Å²) in [4.78, 5) is 28.4. The molecule has 0 fully saturated rings. The van der Waals surface area contributed by atoms with Gasteiger partial charge in [-0.15, -0.1) is 0 Å². The van der Waals surface area contributed by atoms with Crippen LogP contribution < -0.4 is 5.32 Å². The van der Waals surface area contributed by atoms with Crippen molar-refractivity contribution in [3.63, 3.8) is 0 Å². The Morgan fingerprint density at radius 1 is 1.30 bits per heavy atom.